The second-order valence-electron chi connectivity index (χ2n) is 9.33. The van der Waals surface area contributed by atoms with Gasteiger partial charge in [-0.1, -0.05) is 49.3 Å². The van der Waals surface area contributed by atoms with E-state index in [0.29, 0.717) is 30.8 Å². The summed E-state index contributed by atoms with van der Waals surface area (Å²) < 4.78 is 25.5. The Balaban J connectivity index is 2.00. The molecule has 36 heavy (non-hydrogen) atoms. The number of nitrogens with zero attached hydrogens (tertiary/aromatic N) is 2. The van der Waals surface area contributed by atoms with Crippen molar-refractivity contribution in [1.29, 1.82) is 0 Å². The minimum absolute atomic E-state index is 0.131. The first-order valence-electron chi connectivity index (χ1n) is 12.0. The van der Waals surface area contributed by atoms with E-state index in [1.54, 1.807) is 4.90 Å². The number of hydrogen-bond donors (Lipinski definition) is 1. The highest BCUT2D eigenvalue weighted by Gasteiger charge is 2.45. The highest BCUT2D eigenvalue weighted by Crippen LogP contribution is 2.40. The van der Waals surface area contributed by atoms with Gasteiger partial charge in [0.1, 0.15) is 29.0 Å². The number of carbonyl (C=O) groups is 1. The molecule has 0 spiro atoms. The van der Waals surface area contributed by atoms with Crippen molar-refractivity contribution >= 4 is 16.9 Å². The van der Waals surface area contributed by atoms with Crippen LogP contribution in [0.4, 0.5) is 4.39 Å². The summed E-state index contributed by atoms with van der Waals surface area (Å²) in [6.07, 6.45) is 2.14. The number of rotatable bonds is 9. The normalized spacial score (nSPS) is 13.2. The van der Waals surface area contributed by atoms with Gasteiger partial charge < -0.3 is 19.6 Å². The summed E-state index contributed by atoms with van der Waals surface area (Å²) in [5, 5.41) is 4.13. The quantitative estimate of drug-likeness (QED) is 0.358. The molecule has 7 nitrogen and oxygen atoms in total. The Labute approximate surface area is 208 Å². The van der Waals surface area contributed by atoms with Gasteiger partial charge in [-0.3, -0.25) is 9.59 Å². The van der Waals surface area contributed by atoms with E-state index in [1.807, 2.05) is 51.1 Å². The van der Waals surface area contributed by atoms with Crippen molar-refractivity contribution in [3.05, 3.63) is 99.5 Å². The summed E-state index contributed by atoms with van der Waals surface area (Å²) in [6.45, 7) is 6.43. The molecule has 0 fully saturated rings. The van der Waals surface area contributed by atoms with Gasteiger partial charge in [-0.15, -0.1) is 0 Å². The molecule has 0 radical (unpaired) electrons. The molecular weight excluding hydrogens is 461 g/mol. The third-order valence-electron chi connectivity index (χ3n) is 6.80. The van der Waals surface area contributed by atoms with Crippen LogP contribution in [0.1, 0.15) is 54.6 Å². The third kappa shape index (κ3) is 4.68. The van der Waals surface area contributed by atoms with Crippen LogP contribution in [0.2, 0.25) is 0 Å². The van der Waals surface area contributed by atoms with Gasteiger partial charge in [0.25, 0.3) is 5.91 Å². The molecule has 0 aliphatic heterocycles. The molecule has 0 unspecified atom stereocenters. The molecule has 0 aliphatic carbocycles. The highest BCUT2D eigenvalue weighted by molar-refractivity contribution is 5.92. The lowest BCUT2D eigenvalue weighted by Gasteiger charge is -2.44. The summed E-state index contributed by atoms with van der Waals surface area (Å²) in [5.74, 6) is -0.772. The van der Waals surface area contributed by atoms with E-state index in [-0.39, 0.29) is 40.3 Å². The van der Waals surface area contributed by atoms with Crippen LogP contribution in [0.15, 0.2) is 74.6 Å². The zero-order valence-corrected chi connectivity index (χ0v) is 20.7. The Morgan fingerprint density at radius 1 is 1.17 bits per heavy atom. The van der Waals surface area contributed by atoms with Crippen LogP contribution in [0.3, 0.4) is 0 Å². The fourth-order valence-corrected chi connectivity index (χ4v) is 4.53. The van der Waals surface area contributed by atoms with E-state index in [2.05, 4.69) is 5.16 Å². The number of hydrogen-bond acceptors (Lipinski definition) is 6. The summed E-state index contributed by atoms with van der Waals surface area (Å²) >= 11 is 0. The van der Waals surface area contributed by atoms with Gasteiger partial charge in [0, 0.05) is 30.7 Å². The average Bonchev–Trinajstić information content (AvgIpc) is 3.41. The predicted molar refractivity (Wildman–Crippen MR) is 135 cm³/mol. The van der Waals surface area contributed by atoms with Gasteiger partial charge in [0.05, 0.1) is 5.39 Å². The van der Waals surface area contributed by atoms with Gasteiger partial charge in [-0.25, -0.2) is 4.39 Å². The van der Waals surface area contributed by atoms with E-state index in [1.165, 1.54) is 30.5 Å². The van der Waals surface area contributed by atoms with Gasteiger partial charge >= 0.3 is 0 Å². The smallest absolute Gasteiger partial charge is 0.276 e. The van der Waals surface area contributed by atoms with Crippen LogP contribution in [0.5, 0.6) is 0 Å². The molecule has 188 valence electrons. The Kier molecular flexibility index (Phi) is 7.35. The van der Waals surface area contributed by atoms with E-state index in [9.17, 15) is 14.0 Å². The maximum Gasteiger partial charge on any atom is 0.276 e. The van der Waals surface area contributed by atoms with Crippen molar-refractivity contribution in [2.24, 2.45) is 11.7 Å². The minimum atomic E-state index is -1.09. The molecule has 0 saturated carbocycles. The molecule has 4 rings (SSSR count). The van der Waals surface area contributed by atoms with Gasteiger partial charge in [0.2, 0.25) is 0 Å². The standard InChI is InChI=1S/C28H30FN3O4/c1-18(2)28(3,32(14-7-13-30)27(34)23-12-15-35-31-23)26-22(16-19-8-5-4-6-9-19)25(33)21-11-10-20(29)17-24(21)36-26/h4-6,8-12,15,17-18H,7,13-14,16,30H2,1-3H3/t28-/m1/s1. The molecule has 1 atom stereocenters. The SMILES string of the molecule is CC(C)[C@](C)(c1oc2cc(F)ccc2c(=O)c1Cc1ccccc1)N(CCCN)C(=O)c1ccon1. The molecule has 0 bridgehead atoms. The van der Waals surface area contributed by atoms with Crippen LogP contribution in [0.25, 0.3) is 11.0 Å². The number of aromatic nitrogens is 1. The fourth-order valence-electron chi connectivity index (χ4n) is 4.53. The molecule has 2 aromatic heterocycles. The molecular formula is C28H30FN3O4. The Morgan fingerprint density at radius 3 is 2.56 bits per heavy atom. The first kappa shape index (κ1) is 25.3. The van der Waals surface area contributed by atoms with E-state index in [4.69, 9.17) is 14.7 Å². The summed E-state index contributed by atoms with van der Waals surface area (Å²) in [7, 11) is 0. The van der Waals surface area contributed by atoms with Crippen LogP contribution in [0, 0.1) is 11.7 Å². The molecule has 1 amide bonds. The molecule has 0 aliphatic rings. The Morgan fingerprint density at radius 2 is 1.92 bits per heavy atom. The monoisotopic (exact) mass is 491 g/mol. The minimum Gasteiger partial charge on any atom is -0.458 e. The lowest BCUT2D eigenvalue weighted by atomic mass is 9.80. The lowest BCUT2D eigenvalue weighted by molar-refractivity contribution is 0.0251. The van der Waals surface area contributed by atoms with Crippen molar-refractivity contribution in [2.45, 2.75) is 39.2 Å². The van der Waals surface area contributed by atoms with E-state index < -0.39 is 11.4 Å². The zero-order chi connectivity index (χ0) is 25.9. The molecule has 2 aromatic carbocycles. The number of halogens is 1. The van der Waals surface area contributed by atoms with Crippen LogP contribution >= 0.6 is 0 Å². The number of amides is 1. The van der Waals surface area contributed by atoms with Gasteiger partial charge in [-0.2, -0.15) is 0 Å². The number of carbonyl (C=O) groups excluding carboxylic acids is 1. The fraction of sp³-hybridized carbons (Fsp3) is 0.321. The Bertz CT molecular complexity index is 1400. The molecule has 2 heterocycles. The van der Waals surface area contributed by atoms with Gasteiger partial charge in [0.15, 0.2) is 11.1 Å². The zero-order valence-electron chi connectivity index (χ0n) is 20.7. The molecule has 4 aromatic rings. The van der Waals surface area contributed by atoms with Gasteiger partial charge in [-0.05, 0) is 43.5 Å². The number of benzene rings is 2. The van der Waals surface area contributed by atoms with Crippen LogP contribution < -0.4 is 11.2 Å². The van der Waals surface area contributed by atoms with Crippen molar-refractivity contribution < 1.29 is 18.1 Å². The molecule has 2 N–H and O–H groups in total. The first-order chi connectivity index (χ1) is 17.3. The van der Waals surface area contributed by atoms with Crippen molar-refractivity contribution in [3.8, 4) is 0 Å². The van der Waals surface area contributed by atoms with Crippen molar-refractivity contribution in [1.82, 2.24) is 10.1 Å². The second-order valence-corrected chi connectivity index (χ2v) is 9.33. The highest BCUT2D eigenvalue weighted by atomic mass is 19.1. The van der Waals surface area contributed by atoms with Crippen LogP contribution in [-0.2, 0) is 12.0 Å². The van der Waals surface area contributed by atoms with E-state index in [0.717, 1.165) is 5.56 Å². The second kappa shape index (κ2) is 10.5. The topological polar surface area (TPSA) is 103 Å². The largest absolute Gasteiger partial charge is 0.458 e. The maximum absolute atomic E-state index is 14.2. The maximum atomic E-state index is 14.2. The number of fused-ring (bicyclic) bond motifs is 1. The first-order valence-corrected chi connectivity index (χ1v) is 12.0. The van der Waals surface area contributed by atoms with Crippen molar-refractivity contribution in [2.75, 3.05) is 13.1 Å². The molecule has 8 heteroatoms. The molecule has 0 saturated heterocycles. The third-order valence-corrected chi connectivity index (χ3v) is 6.80. The van der Waals surface area contributed by atoms with E-state index >= 15 is 0 Å². The predicted octanol–water partition coefficient (Wildman–Crippen LogP) is 4.87. The average molecular weight is 492 g/mol. The summed E-state index contributed by atoms with van der Waals surface area (Å²) in [5.41, 5.74) is 6.07. The Hall–Kier alpha value is -3.78. The summed E-state index contributed by atoms with van der Waals surface area (Å²) in [6, 6.07) is 14.9. The van der Waals surface area contributed by atoms with Crippen molar-refractivity contribution in [3.63, 3.8) is 0 Å². The lowest BCUT2D eigenvalue weighted by Crippen LogP contribution is -2.52. The van der Waals surface area contributed by atoms with Crippen LogP contribution in [-0.4, -0.2) is 29.1 Å². The number of nitrogens with two attached hydrogens (primary N) is 1. The summed E-state index contributed by atoms with van der Waals surface area (Å²) in [4.78, 5) is 29.2.